The molecule has 140 valence electrons. The maximum absolute atomic E-state index is 13.1. The predicted molar refractivity (Wildman–Crippen MR) is 104 cm³/mol. The Morgan fingerprint density at radius 3 is 2.59 bits per heavy atom. The Bertz CT molecular complexity index is 1070. The molecule has 1 aliphatic rings. The van der Waals surface area contributed by atoms with Crippen molar-refractivity contribution in [1.29, 1.82) is 0 Å². The van der Waals surface area contributed by atoms with Crippen molar-refractivity contribution in [1.82, 2.24) is 14.5 Å². The summed E-state index contributed by atoms with van der Waals surface area (Å²) in [5.74, 6) is -0.130. The Kier molecular flexibility index (Phi) is 4.36. The third-order valence-electron chi connectivity index (χ3n) is 5.35. The number of nitrogens with zero attached hydrogens (tertiary/aromatic N) is 2. The highest BCUT2D eigenvalue weighted by Crippen LogP contribution is 2.27. The van der Waals surface area contributed by atoms with Gasteiger partial charge < -0.3 is 19.2 Å². The van der Waals surface area contributed by atoms with E-state index in [9.17, 15) is 9.59 Å². The molecule has 0 saturated carbocycles. The highest BCUT2D eigenvalue weighted by Gasteiger charge is 2.32. The van der Waals surface area contributed by atoms with Crippen molar-refractivity contribution in [2.24, 2.45) is 14.1 Å². The van der Waals surface area contributed by atoms with Gasteiger partial charge in [-0.1, -0.05) is 30.3 Å². The van der Waals surface area contributed by atoms with Crippen LogP contribution in [-0.2, 0) is 18.8 Å². The van der Waals surface area contributed by atoms with Crippen LogP contribution in [0.15, 0.2) is 47.5 Å². The molecule has 0 bridgehead atoms. The van der Waals surface area contributed by atoms with Gasteiger partial charge in [0.05, 0.1) is 35.7 Å². The van der Waals surface area contributed by atoms with E-state index >= 15 is 0 Å². The van der Waals surface area contributed by atoms with E-state index < -0.39 is 0 Å². The van der Waals surface area contributed by atoms with Crippen LogP contribution < -0.4 is 10.9 Å². The molecule has 0 radical (unpaired) electrons. The summed E-state index contributed by atoms with van der Waals surface area (Å²) in [5, 5.41) is 3.56. The van der Waals surface area contributed by atoms with Gasteiger partial charge in [-0.2, -0.15) is 0 Å². The van der Waals surface area contributed by atoms with Gasteiger partial charge in [0.15, 0.2) is 0 Å². The number of rotatable bonds is 3. The molecule has 4 rings (SSSR count). The molecule has 1 N–H and O–H groups in total. The molecule has 3 heterocycles. The molecule has 3 aromatic rings. The molecule has 1 saturated heterocycles. The normalized spacial score (nSPS) is 19.5. The van der Waals surface area contributed by atoms with Crippen LogP contribution in [0.3, 0.4) is 0 Å². The Morgan fingerprint density at radius 2 is 1.85 bits per heavy atom. The Labute approximate surface area is 157 Å². The van der Waals surface area contributed by atoms with Crippen molar-refractivity contribution in [3.05, 3.63) is 69.8 Å². The Balaban J connectivity index is 1.69. The van der Waals surface area contributed by atoms with Crippen LogP contribution in [0.25, 0.3) is 10.9 Å². The van der Waals surface area contributed by atoms with E-state index in [4.69, 9.17) is 4.74 Å². The number of pyridine rings is 1. The standard InChI is InChI=1S/C21H23N3O3/c1-13-9-24(3)21(26)18-15(10-23(2)19(13)18)20(25)22-17-12-27-11-16(17)14-7-5-4-6-8-14/h4-10,16-17H,11-12H2,1-3H3,(H,22,25)/t16-,17-/m0/s1. The molecule has 0 unspecified atom stereocenters. The van der Waals surface area contributed by atoms with Gasteiger partial charge in [-0.15, -0.1) is 0 Å². The number of ether oxygens (including phenoxy) is 1. The quantitative estimate of drug-likeness (QED) is 0.773. The summed E-state index contributed by atoms with van der Waals surface area (Å²) in [6.07, 6.45) is 3.53. The summed E-state index contributed by atoms with van der Waals surface area (Å²) in [7, 11) is 3.57. The van der Waals surface area contributed by atoms with Crippen LogP contribution in [0, 0.1) is 6.92 Å². The largest absolute Gasteiger partial charge is 0.379 e. The highest BCUT2D eigenvalue weighted by molar-refractivity contribution is 6.07. The zero-order valence-corrected chi connectivity index (χ0v) is 15.7. The van der Waals surface area contributed by atoms with Crippen molar-refractivity contribution in [2.45, 2.75) is 18.9 Å². The number of hydrogen-bond acceptors (Lipinski definition) is 3. The van der Waals surface area contributed by atoms with Crippen LogP contribution in [-0.4, -0.2) is 34.3 Å². The lowest BCUT2D eigenvalue weighted by molar-refractivity contribution is 0.0929. The van der Waals surface area contributed by atoms with E-state index in [1.54, 1.807) is 19.4 Å². The van der Waals surface area contributed by atoms with Crippen molar-refractivity contribution in [2.75, 3.05) is 13.2 Å². The van der Waals surface area contributed by atoms with Crippen molar-refractivity contribution >= 4 is 16.8 Å². The van der Waals surface area contributed by atoms with Gasteiger partial charge in [-0.05, 0) is 18.1 Å². The summed E-state index contributed by atoms with van der Waals surface area (Å²) in [5.41, 5.74) is 3.15. The first-order valence-electron chi connectivity index (χ1n) is 9.06. The third kappa shape index (κ3) is 2.96. The fraction of sp³-hybridized carbons (Fsp3) is 0.333. The number of nitrogens with one attached hydrogen (secondary N) is 1. The minimum atomic E-state index is -0.236. The van der Waals surface area contributed by atoms with Gasteiger partial charge >= 0.3 is 0 Å². The second kappa shape index (κ2) is 6.70. The molecule has 6 heteroatoms. The minimum Gasteiger partial charge on any atom is -0.379 e. The third-order valence-corrected chi connectivity index (χ3v) is 5.35. The van der Waals surface area contributed by atoms with E-state index in [2.05, 4.69) is 17.4 Å². The number of carbonyl (C=O) groups is 1. The zero-order valence-electron chi connectivity index (χ0n) is 15.7. The number of carbonyl (C=O) groups excluding carboxylic acids is 1. The average molecular weight is 365 g/mol. The molecular weight excluding hydrogens is 342 g/mol. The summed E-state index contributed by atoms with van der Waals surface area (Å²) < 4.78 is 9.01. The number of benzene rings is 1. The molecule has 1 aliphatic heterocycles. The van der Waals surface area contributed by atoms with Crippen molar-refractivity contribution < 1.29 is 9.53 Å². The van der Waals surface area contributed by atoms with Gasteiger partial charge in [-0.3, -0.25) is 9.59 Å². The van der Waals surface area contributed by atoms with Crippen LogP contribution >= 0.6 is 0 Å². The molecule has 0 spiro atoms. The van der Waals surface area contributed by atoms with Gasteiger partial charge in [0.2, 0.25) is 0 Å². The molecule has 6 nitrogen and oxygen atoms in total. The smallest absolute Gasteiger partial charge is 0.260 e. The van der Waals surface area contributed by atoms with E-state index in [-0.39, 0.29) is 23.4 Å². The van der Waals surface area contributed by atoms with Gasteiger partial charge in [0, 0.05) is 32.4 Å². The Morgan fingerprint density at radius 1 is 1.11 bits per heavy atom. The van der Waals surface area contributed by atoms with Gasteiger partial charge in [0.1, 0.15) is 0 Å². The first-order valence-corrected chi connectivity index (χ1v) is 9.06. The van der Waals surface area contributed by atoms with Crippen LogP contribution in [0.4, 0.5) is 0 Å². The van der Waals surface area contributed by atoms with E-state index in [1.807, 2.05) is 36.7 Å². The Hall–Kier alpha value is -2.86. The summed E-state index contributed by atoms with van der Waals surface area (Å²) in [6, 6.07) is 9.93. The van der Waals surface area contributed by atoms with Crippen molar-refractivity contribution in [3.63, 3.8) is 0 Å². The molecule has 0 aliphatic carbocycles. The summed E-state index contributed by atoms with van der Waals surface area (Å²) >= 11 is 0. The second-order valence-corrected chi connectivity index (χ2v) is 7.24. The SMILES string of the molecule is Cc1cn(C)c(=O)c2c(C(=O)N[C@H]3COC[C@H]3c3ccccc3)cn(C)c12. The molecule has 1 aromatic carbocycles. The van der Waals surface area contributed by atoms with Crippen molar-refractivity contribution in [3.8, 4) is 0 Å². The molecular formula is C21H23N3O3. The number of aromatic nitrogens is 2. The van der Waals surface area contributed by atoms with Crippen LogP contribution in [0.1, 0.15) is 27.4 Å². The molecule has 2 aromatic heterocycles. The topological polar surface area (TPSA) is 65.3 Å². The lowest BCUT2D eigenvalue weighted by Crippen LogP contribution is -2.39. The lowest BCUT2D eigenvalue weighted by atomic mass is 9.94. The molecule has 2 atom stereocenters. The van der Waals surface area contributed by atoms with E-state index in [0.29, 0.717) is 24.2 Å². The molecule has 27 heavy (non-hydrogen) atoms. The van der Waals surface area contributed by atoms with Gasteiger partial charge in [-0.25, -0.2) is 0 Å². The average Bonchev–Trinajstić information content (AvgIpc) is 3.25. The maximum Gasteiger partial charge on any atom is 0.260 e. The fourth-order valence-electron chi connectivity index (χ4n) is 4.05. The van der Waals surface area contributed by atoms with Crippen LogP contribution in [0.2, 0.25) is 0 Å². The minimum absolute atomic E-state index is 0.106. The molecule has 1 fully saturated rings. The zero-order chi connectivity index (χ0) is 19.1. The van der Waals surface area contributed by atoms with Gasteiger partial charge in [0.25, 0.3) is 11.5 Å². The summed E-state index contributed by atoms with van der Waals surface area (Å²) in [4.78, 5) is 25.7. The number of aryl methyl sites for hydroxylation is 3. The maximum atomic E-state index is 13.1. The first kappa shape index (κ1) is 17.5. The van der Waals surface area contributed by atoms with E-state index in [0.717, 1.165) is 16.6 Å². The fourth-order valence-corrected chi connectivity index (χ4v) is 4.05. The number of hydrogen-bond donors (Lipinski definition) is 1. The number of amides is 1. The number of fused-ring (bicyclic) bond motifs is 1. The lowest BCUT2D eigenvalue weighted by Gasteiger charge is -2.19. The predicted octanol–water partition coefficient (Wildman–Crippen LogP) is 2.10. The highest BCUT2D eigenvalue weighted by atomic mass is 16.5. The monoisotopic (exact) mass is 365 g/mol. The first-order chi connectivity index (χ1) is 13.0. The van der Waals surface area contributed by atoms with E-state index in [1.165, 1.54) is 4.57 Å². The summed E-state index contributed by atoms with van der Waals surface area (Å²) in [6.45, 7) is 2.98. The molecule has 1 amide bonds. The second-order valence-electron chi connectivity index (χ2n) is 7.24. The van der Waals surface area contributed by atoms with Crippen LogP contribution in [0.5, 0.6) is 0 Å².